The molecule has 3 nitrogen and oxygen atoms in total. The first kappa shape index (κ1) is 14.9. The Morgan fingerprint density at radius 1 is 1.30 bits per heavy atom. The molecule has 5 heteroatoms. The highest BCUT2D eigenvalue weighted by molar-refractivity contribution is 5.66. The first-order chi connectivity index (χ1) is 9.56. The van der Waals surface area contributed by atoms with Gasteiger partial charge in [-0.25, -0.2) is 8.78 Å². The Labute approximate surface area is 117 Å². The van der Waals surface area contributed by atoms with Crippen LogP contribution < -0.4 is 0 Å². The van der Waals surface area contributed by atoms with E-state index in [0.717, 1.165) is 37.8 Å². The van der Waals surface area contributed by atoms with Crippen molar-refractivity contribution < 1.29 is 18.7 Å². The summed E-state index contributed by atoms with van der Waals surface area (Å²) in [5.41, 5.74) is 0.294. The van der Waals surface area contributed by atoms with Gasteiger partial charge < -0.3 is 5.11 Å². The maximum Gasteiger partial charge on any atom is 0.304 e. The van der Waals surface area contributed by atoms with Crippen molar-refractivity contribution >= 4 is 5.97 Å². The molecular weight excluding hydrogens is 264 g/mol. The number of carbonyl (C=O) groups is 1. The van der Waals surface area contributed by atoms with Crippen molar-refractivity contribution in [1.29, 1.82) is 0 Å². The van der Waals surface area contributed by atoms with E-state index < -0.39 is 17.6 Å². The molecule has 1 aliphatic rings. The van der Waals surface area contributed by atoms with Gasteiger partial charge in [0, 0.05) is 24.7 Å². The van der Waals surface area contributed by atoms with Gasteiger partial charge >= 0.3 is 5.97 Å². The first-order valence-electron chi connectivity index (χ1n) is 6.96. The van der Waals surface area contributed by atoms with Crippen LogP contribution in [0.3, 0.4) is 0 Å². The zero-order chi connectivity index (χ0) is 14.5. The Morgan fingerprint density at radius 3 is 2.65 bits per heavy atom. The number of hydrogen-bond donors (Lipinski definition) is 1. The van der Waals surface area contributed by atoms with E-state index in [9.17, 15) is 13.6 Å². The van der Waals surface area contributed by atoms with E-state index in [-0.39, 0.29) is 19.0 Å². The van der Waals surface area contributed by atoms with Crippen LogP contribution in [-0.4, -0.2) is 28.6 Å². The minimum Gasteiger partial charge on any atom is -0.481 e. The maximum absolute atomic E-state index is 13.7. The van der Waals surface area contributed by atoms with E-state index in [2.05, 4.69) is 0 Å². The molecule has 1 saturated carbocycles. The molecule has 0 unspecified atom stereocenters. The van der Waals surface area contributed by atoms with Gasteiger partial charge in [-0.05, 0) is 31.0 Å². The van der Waals surface area contributed by atoms with Gasteiger partial charge in [-0.15, -0.1) is 0 Å². The van der Waals surface area contributed by atoms with Gasteiger partial charge in [0.2, 0.25) is 0 Å². The smallest absolute Gasteiger partial charge is 0.304 e. The number of nitrogens with zero attached hydrogens (tertiary/aromatic N) is 1. The van der Waals surface area contributed by atoms with Gasteiger partial charge in [-0.2, -0.15) is 0 Å². The second kappa shape index (κ2) is 6.79. The Hall–Kier alpha value is -1.49. The zero-order valence-electron chi connectivity index (χ0n) is 11.3. The van der Waals surface area contributed by atoms with E-state index in [1.807, 2.05) is 4.90 Å². The standard InChI is InChI=1S/C15H19F2NO2/c16-12-5-6-14(17)11(9-12)10-18(8-7-15(19)20)13-3-1-2-4-13/h5-6,9,13H,1-4,7-8,10H2,(H,19,20). The van der Waals surface area contributed by atoms with Crippen molar-refractivity contribution in [2.24, 2.45) is 0 Å². The molecule has 0 aliphatic heterocycles. The lowest BCUT2D eigenvalue weighted by molar-refractivity contribution is -0.137. The molecule has 1 aromatic rings. The lowest BCUT2D eigenvalue weighted by Crippen LogP contribution is -2.34. The van der Waals surface area contributed by atoms with Gasteiger partial charge in [0.05, 0.1) is 6.42 Å². The fourth-order valence-electron chi connectivity index (χ4n) is 2.78. The molecule has 1 aromatic carbocycles. The molecule has 1 N–H and O–H groups in total. The fraction of sp³-hybridized carbons (Fsp3) is 0.533. The lowest BCUT2D eigenvalue weighted by atomic mass is 10.1. The quantitative estimate of drug-likeness (QED) is 0.871. The van der Waals surface area contributed by atoms with Crippen molar-refractivity contribution in [3.05, 3.63) is 35.4 Å². The highest BCUT2D eigenvalue weighted by atomic mass is 19.1. The molecule has 0 atom stereocenters. The number of rotatable bonds is 6. The summed E-state index contributed by atoms with van der Waals surface area (Å²) >= 11 is 0. The lowest BCUT2D eigenvalue weighted by Gasteiger charge is -2.28. The average Bonchev–Trinajstić information content (AvgIpc) is 2.92. The Kier molecular flexibility index (Phi) is 5.06. The molecule has 0 heterocycles. The van der Waals surface area contributed by atoms with Crippen LogP contribution in [0.5, 0.6) is 0 Å². The van der Waals surface area contributed by atoms with Crippen LogP contribution in [0, 0.1) is 11.6 Å². The third kappa shape index (κ3) is 4.00. The van der Waals surface area contributed by atoms with Crippen molar-refractivity contribution in [3.8, 4) is 0 Å². The number of halogens is 2. The summed E-state index contributed by atoms with van der Waals surface area (Å²) in [7, 11) is 0. The van der Waals surface area contributed by atoms with E-state index in [1.54, 1.807) is 0 Å². The van der Waals surface area contributed by atoms with Crippen LogP contribution in [0.4, 0.5) is 8.78 Å². The minimum atomic E-state index is -0.868. The summed E-state index contributed by atoms with van der Waals surface area (Å²) in [6, 6.07) is 3.68. The van der Waals surface area contributed by atoms with E-state index >= 15 is 0 Å². The van der Waals surface area contributed by atoms with Crippen LogP contribution >= 0.6 is 0 Å². The van der Waals surface area contributed by atoms with Crippen molar-refractivity contribution in [2.75, 3.05) is 6.54 Å². The Bertz CT molecular complexity index is 473. The molecule has 0 spiro atoms. The summed E-state index contributed by atoms with van der Waals surface area (Å²) < 4.78 is 26.9. The third-order valence-corrected chi connectivity index (χ3v) is 3.84. The number of carboxylic acids is 1. The second-order valence-electron chi connectivity index (χ2n) is 5.29. The highest BCUT2D eigenvalue weighted by Gasteiger charge is 2.24. The summed E-state index contributed by atoms with van der Waals surface area (Å²) in [5.74, 6) is -1.77. The van der Waals surface area contributed by atoms with Crippen LogP contribution in [-0.2, 0) is 11.3 Å². The van der Waals surface area contributed by atoms with Crippen LogP contribution in [0.15, 0.2) is 18.2 Å². The van der Waals surface area contributed by atoms with Gasteiger partial charge in [0.1, 0.15) is 11.6 Å². The number of aliphatic carboxylic acids is 1. The average molecular weight is 283 g/mol. The van der Waals surface area contributed by atoms with Gasteiger partial charge in [0.15, 0.2) is 0 Å². The Balaban J connectivity index is 2.09. The second-order valence-corrected chi connectivity index (χ2v) is 5.29. The topological polar surface area (TPSA) is 40.5 Å². The molecule has 1 aliphatic carbocycles. The monoisotopic (exact) mass is 283 g/mol. The number of hydrogen-bond acceptors (Lipinski definition) is 2. The molecule has 0 amide bonds. The van der Waals surface area contributed by atoms with Crippen LogP contribution in [0.25, 0.3) is 0 Å². The minimum absolute atomic E-state index is 0.0213. The molecule has 110 valence electrons. The first-order valence-corrected chi connectivity index (χ1v) is 6.96. The van der Waals surface area contributed by atoms with Gasteiger partial charge in [-0.3, -0.25) is 9.69 Å². The molecule has 0 bridgehead atoms. The predicted octanol–water partition coefficient (Wildman–Crippen LogP) is 3.18. The molecular formula is C15H19F2NO2. The predicted molar refractivity (Wildman–Crippen MR) is 71.3 cm³/mol. The SMILES string of the molecule is O=C(O)CCN(Cc1cc(F)ccc1F)C1CCCC1. The van der Waals surface area contributed by atoms with Crippen molar-refractivity contribution in [1.82, 2.24) is 4.90 Å². The molecule has 20 heavy (non-hydrogen) atoms. The molecule has 1 fully saturated rings. The largest absolute Gasteiger partial charge is 0.481 e. The van der Waals surface area contributed by atoms with Crippen LogP contribution in [0.2, 0.25) is 0 Å². The fourth-order valence-corrected chi connectivity index (χ4v) is 2.78. The molecule has 0 radical (unpaired) electrons. The number of carboxylic acid groups (broad SMARTS) is 1. The van der Waals surface area contributed by atoms with Crippen molar-refractivity contribution in [3.63, 3.8) is 0 Å². The van der Waals surface area contributed by atoms with E-state index in [4.69, 9.17) is 5.11 Å². The van der Waals surface area contributed by atoms with Gasteiger partial charge in [-0.1, -0.05) is 12.8 Å². The molecule has 2 rings (SSSR count). The van der Waals surface area contributed by atoms with Gasteiger partial charge in [0.25, 0.3) is 0 Å². The molecule has 0 saturated heterocycles. The van der Waals surface area contributed by atoms with Crippen LogP contribution in [0.1, 0.15) is 37.7 Å². The van der Waals surface area contributed by atoms with Crippen molar-refractivity contribution in [2.45, 2.75) is 44.7 Å². The number of benzene rings is 1. The van der Waals surface area contributed by atoms with E-state index in [0.29, 0.717) is 12.1 Å². The molecule has 0 aromatic heterocycles. The maximum atomic E-state index is 13.7. The van der Waals surface area contributed by atoms with E-state index in [1.165, 1.54) is 6.07 Å². The Morgan fingerprint density at radius 2 is 2.00 bits per heavy atom. The third-order valence-electron chi connectivity index (χ3n) is 3.84. The zero-order valence-corrected chi connectivity index (χ0v) is 11.3. The summed E-state index contributed by atoms with van der Waals surface area (Å²) in [6.45, 7) is 0.636. The summed E-state index contributed by atoms with van der Waals surface area (Å²) in [4.78, 5) is 12.7. The normalized spacial score (nSPS) is 15.9. The summed E-state index contributed by atoms with van der Waals surface area (Å²) in [6.07, 6.45) is 4.24. The summed E-state index contributed by atoms with van der Waals surface area (Å²) in [5, 5.41) is 8.81. The highest BCUT2D eigenvalue weighted by Crippen LogP contribution is 2.25.